The highest BCUT2D eigenvalue weighted by Crippen LogP contribution is 2.26. The molecule has 8 heteroatoms. The Morgan fingerprint density at radius 2 is 1.94 bits per heavy atom. The SMILES string of the molecule is CC(NC(=O)C(C)N1CCC(C(=O)NCCc2cccs2)CC1)c1ccc(Cl)cc1Cl. The lowest BCUT2D eigenvalue weighted by atomic mass is 9.94. The van der Waals surface area contributed by atoms with Crippen LogP contribution in [0.1, 0.15) is 43.2 Å². The van der Waals surface area contributed by atoms with Crippen LogP contribution in [0.4, 0.5) is 0 Å². The molecule has 168 valence electrons. The van der Waals surface area contributed by atoms with Crippen LogP contribution in [-0.2, 0) is 16.0 Å². The lowest BCUT2D eigenvalue weighted by Crippen LogP contribution is -2.50. The minimum Gasteiger partial charge on any atom is -0.355 e. The monoisotopic (exact) mass is 481 g/mol. The Bertz CT molecular complexity index is 883. The van der Waals surface area contributed by atoms with Gasteiger partial charge < -0.3 is 10.6 Å². The van der Waals surface area contributed by atoms with E-state index in [2.05, 4.69) is 27.0 Å². The molecule has 0 bridgehead atoms. The van der Waals surface area contributed by atoms with Crippen molar-refractivity contribution >= 4 is 46.4 Å². The minimum atomic E-state index is -0.267. The smallest absolute Gasteiger partial charge is 0.237 e. The molecule has 1 aliphatic heterocycles. The fraction of sp³-hybridized carbons (Fsp3) is 0.478. The molecule has 31 heavy (non-hydrogen) atoms. The van der Waals surface area contributed by atoms with Crippen molar-refractivity contribution in [3.63, 3.8) is 0 Å². The second kappa shape index (κ2) is 11.3. The summed E-state index contributed by atoms with van der Waals surface area (Å²) in [5.41, 5.74) is 0.838. The molecule has 2 amide bonds. The Morgan fingerprint density at radius 1 is 1.19 bits per heavy atom. The van der Waals surface area contributed by atoms with Crippen LogP contribution < -0.4 is 10.6 Å². The molecule has 1 aromatic carbocycles. The number of carbonyl (C=O) groups is 2. The van der Waals surface area contributed by atoms with Crippen LogP contribution in [0.3, 0.4) is 0 Å². The molecular formula is C23H29Cl2N3O2S. The van der Waals surface area contributed by atoms with Crippen molar-refractivity contribution in [2.75, 3.05) is 19.6 Å². The van der Waals surface area contributed by atoms with E-state index in [0.29, 0.717) is 16.6 Å². The zero-order chi connectivity index (χ0) is 22.4. The van der Waals surface area contributed by atoms with Gasteiger partial charge in [-0.1, -0.05) is 35.3 Å². The summed E-state index contributed by atoms with van der Waals surface area (Å²) in [6, 6.07) is 8.92. The van der Waals surface area contributed by atoms with Crippen molar-refractivity contribution in [1.82, 2.24) is 15.5 Å². The third-order valence-corrected chi connectivity index (χ3v) is 7.36. The minimum absolute atomic E-state index is 0.0154. The quantitative estimate of drug-likeness (QED) is 0.574. The van der Waals surface area contributed by atoms with Crippen LogP contribution in [0.5, 0.6) is 0 Å². The van der Waals surface area contributed by atoms with Gasteiger partial charge in [-0.2, -0.15) is 0 Å². The van der Waals surface area contributed by atoms with Gasteiger partial charge in [-0.25, -0.2) is 0 Å². The van der Waals surface area contributed by atoms with Gasteiger partial charge in [-0.05, 0) is 75.3 Å². The summed E-state index contributed by atoms with van der Waals surface area (Å²) in [7, 11) is 0. The van der Waals surface area contributed by atoms with E-state index in [0.717, 1.165) is 37.9 Å². The highest BCUT2D eigenvalue weighted by Gasteiger charge is 2.30. The maximum absolute atomic E-state index is 12.8. The van der Waals surface area contributed by atoms with Gasteiger partial charge in [-0.3, -0.25) is 14.5 Å². The molecule has 2 unspecified atom stereocenters. The molecule has 1 aliphatic rings. The first kappa shape index (κ1) is 24.1. The zero-order valence-corrected chi connectivity index (χ0v) is 20.2. The third-order valence-electron chi connectivity index (χ3n) is 5.87. The van der Waals surface area contributed by atoms with Crippen LogP contribution in [0.15, 0.2) is 35.7 Å². The number of halogens is 2. The van der Waals surface area contributed by atoms with Crippen LogP contribution in [0.25, 0.3) is 0 Å². The Morgan fingerprint density at radius 3 is 2.58 bits per heavy atom. The van der Waals surface area contributed by atoms with E-state index in [1.165, 1.54) is 4.88 Å². The van der Waals surface area contributed by atoms with E-state index in [4.69, 9.17) is 23.2 Å². The number of likely N-dealkylation sites (tertiary alicyclic amines) is 1. The predicted molar refractivity (Wildman–Crippen MR) is 128 cm³/mol. The Balaban J connectivity index is 1.42. The average molecular weight is 482 g/mol. The van der Waals surface area contributed by atoms with Gasteiger partial charge in [0.25, 0.3) is 0 Å². The topological polar surface area (TPSA) is 61.4 Å². The highest BCUT2D eigenvalue weighted by molar-refractivity contribution is 7.09. The maximum atomic E-state index is 12.8. The number of nitrogens with zero attached hydrogens (tertiary/aromatic N) is 1. The van der Waals surface area contributed by atoms with E-state index in [-0.39, 0.29) is 29.8 Å². The number of rotatable bonds is 8. The molecule has 1 aromatic heterocycles. The van der Waals surface area contributed by atoms with Gasteiger partial charge in [0.1, 0.15) is 0 Å². The molecule has 1 saturated heterocycles. The van der Waals surface area contributed by atoms with Crippen molar-refractivity contribution in [2.24, 2.45) is 5.92 Å². The first-order valence-electron chi connectivity index (χ1n) is 10.6. The fourth-order valence-corrected chi connectivity index (χ4v) is 5.17. The molecule has 0 radical (unpaired) electrons. The maximum Gasteiger partial charge on any atom is 0.237 e. The van der Waals surface area contributed by atoms with E-state index in [9.17, 15) is 9.59 Å². The first-order chi connectivity index (χ1) is 14.8. The third kappa shape index (κ3) is 6.69. The van der Waals surface area contributed by atoms with Crippen molar-refractivity contribution in [3.05, 3.63) is 56.2 Å². The fourth-order valence-electron chi connectivity index (χ4n) is 3.89. The lowest BCUT2D eigenvalue weighted by molar-refractivity contribution is -0.129. The number of piperidine rings is 1. The molecule has 0 saturated carbocycles. The Labute approximate surface area is 198 Å². The summed E-state index contributed by atoms with van der Waals surface area (Å²) < 4.78 is 0. The summed E-state index contributed by atoms with van der Waals surface area (Å²) in [6.07, 6.45) is 2.40. The molecule has 3 rings (SSSR count). The number of hydrogen-bond donors (Lipinski definition) is 2. The first-order valence-corrected chi connectivity index (χ1v) is 12.3. The van der Waals surface area contributed by atoms with Gasteiger partial charge in [0.15, 0.2) is 0 Å². The van der Waals surface area contributed by atoms with Crippen molar-refractivity contribution < 1.29 is 9.59 Å². The second-order valence-electron chi connectivity index (χ2n) is 8.00. The van der Waals surface area contributed by atoms with Gasteiger partial charge in [0, 0.05) is 27.4 Å². The highest BCUT2D eigenvalue weighted by atomic mass is 35.5. The number of nitrogens with one attached hydrogen (secondary N) is 2. The zero-order valence-electron chi connectivity index (χ0n) is 17.9. The average Bonchev–Trinajstić information content (AvgIpc) is 3.26. The second-order valence-corrected chi connectivity index (χ2v) is 9.88. The van der Waals surface area contributed by atoms with Gasteiger partial charge in [-0.15, -0.1) is 11.3 Å². The molecule has 2 aromatic rings. The summed E-state index contributed by atoms with van der Waals surface area (Å²) in [6.45, 7) is 5.95. The predicted octanol–water partition coefficient (Wildman–Crippen LogP) is 4.69. The number of amides is 2. The summed E-state index contributed by atoms with van der Waals surface area (Å²) >= 11 is 13.9. The summed E-state index contributed by atoms with van der Waals surface area (Å²) in [5.74, 6) is 0.0957. The molecule has 2 heterocycles. The van der Waals surface area contributed by atoms with Crippen LogP contribution in [-0.4, -0.2) is 42.4 Å². The molecule has 2 N–H and O–H groups in total. The summed E-state index contributed by atoms with van der Waals surface area (Å²) in [4.78, 5) is 28.7. The largest absolute Gasteiger partial charge is 0.355 e. The van der Waals surface area contributed by atoms with Crippen LogP contribution in [0.2, 0.25) is 10.0 Å². The van der Waals surface area contributed by atoms with E-state index >= 15 is 0 Å². The van der Waals surface area contributed by atoms with Crippen molar-refractivity contribution in [2.45, 2.75) is 45.2 Å². The molecular weight excluding hydrogens is 453 g/mol. The number of benzene rings is 1. The van der Waals surface area contributed by atoms with E-state index in [1.807, 2.05) is 26.0 Å². The van der Waals surface area contributed by atoms with Gasteiger partial charge >= 0.3 is 0 Å². The Hall–Kier alpha value is -1.60. The van der Waals surface area contributed by atoms with Gasteiger partial charge in [0.2, 0.25) is 11.8 Å². The normalized spacial score (nSPS) is 17.2. The molecule has 2 atom stereocenters. The standard InChI is InChI=1S/C23H29Cl2N3O2S/c1-15(20-6-5-18(24)14-21(20)25)27-22(29)16(2)28-11-8-17(9-12-28)23(30)26-10-7-19-4-3-13-31-19/h3-6,13-17H,7-12H2,1-2H3,(H,26,30)(H,27,29). The van der Waals surface area contributed by atoms with Crippen LogP contribution in [0, 0.1) is 5.92 Å². The lowest BCUT2D eigenvalue weighted by Gasteiger charge is -2.35. The van der Waals surface area contributed by atoms with Gasteiger partial charge in [0.05, 0.1) is 12.1 Å². The molecule has 0 spiro atoms. The number of thiophene rings is 1. The van der Waals surface area contributed by atoms with Crippen molar-refractivity contribution in [3.8, 4) is 0 Å². The van der Waals surface area contributed by atoms with Crippen LogP contribution >= 0.6 is 34.5 Å². The molecule has 5 nitrogen and oxygen atoms in total. The number of hydrogen-bond acceptors (Lipinski definition) is 4. The van der Waals surface area contributed by atoms with E-state index in [1.54, 1.807) is 23.5 Å². The molecule has 0 aliphatic carbocycles. The van der Waals surface area contributed by atoms with E-state index < -0.39 is 0 Å². The van der Waals surface area contributed by atoms with Crippen molar-refractivity contribution in [1.29, 1.82) is 0 Å². The Kier molecular flexibility index (Phi) is 8.78. The molecule has 1 fully saturated rings. The summed E-state index contributed by atoms with van der Waals surface area (Å²) in [5, 5.41) is 9.26. The number of carbonyl (C=O) groups excluding carboxylic acids is 2.